The van der Waals surface area contributed by atoms with E-state index in [-0.39, 0.29) is 0 Å². The number of hydrogen-bond acceptors (Lipinski definition) is 1. The van der Waals surface area contributed by atoms with E-state index in [1.807, 2.05) is 0 Å². The Morgan fingerprint density at radius 3 is 2.85 bits per heavy atom. The normalized spacial score (nSPS) is 25.4. The number of rotatable bonds is 1. The third kappa shape index (κ3) is 1.28. The Bertz CT molecular complexity index is 326. The van der Waals surface area contributed by atoms with E-state index >= 15 is 0 Å². The van der Waals surface area contributed by atoms with Crippen LogP contribution in [0.1, 0.15) is 35.6 Å². The Labute approximate surface area is 78.7 Å². The zero-order chi connectivity index (χ0) is 8.67. The van der Waals surface area contributed by atoms with Gasteiger partial charge in [-0.25, -0.2) is 0 Å². The van der Waals surface area contributed by atoms with Crippen molar-refractivity contribution in [3.63, 3.8) is 0 Å². The monoisotopic (exact) mass is 174 g/mol. The summed E-state index contributed by atoms with van der Waals surface area (Å²) in [5.41, 5.74) is 4.63. The van der Waals surface area contributed by atoms with Gasteiger partial charge in [-0.2, -0.15) is 0 Å². The van der Waals surface area contributed by atoms with Crippen LogP contribution in [0, 0.1) is 0 Å². The topological polar surface area (TPSA) is 12.5 Å². The molecule has 0 amide bonds. The molecule has 0 radical (unpaired) electrons. The number of ether oxygens (including phenoxy) is 1. The molecule has 1 aliphatic carbocycles. The minimum absolute atomic E-state index is 0.438. The van der Waals surface area contributed by atoms with Gasteiger partial charge in [-0.1, -0.05) is 18.2 Å². The summed E-state index contributed by atoms with van der Waals surface area (Å²) in [7, 11) is 0. The Balaban J connectivity index is 2.07. The minimum Gasteiger partial charge on any atom is -0.368 e. The van der Waals surface area contributed by atoms with Crippen LogP contribution in [0.25, 0.3) is 0 Å². The first-order valence-corrected chi connectivity index (χ1v) is 5.17. The number of hydrogen-bond donors (Lipinski definition) is 0. The van der Waals surface area contributed by atoms with Crippen molar-refractivity contribution in [1.82, 2.24) is 0 Å². The fraction of sp³-hybridized carbons (Fsp3) is 0.500. The van der Waals surface area contributed by atoms with Gasteiger partial charge in [-0.05, 0) is 42.4 Å². The highest BCUT2D eigenvalue weighted by molar-refractivity contribution is 5.39. The molecule has 0 spiro atoms. The summed E-state index contributed by atoms with van der Waals surface area (Å²) in [6.07, 6.45) is 5.70. The van der Waals surface area contributed by atoms with Crippen LogP contribution in [0.3, 0.4) is 0 Å². The average molecular weight is 174 g/mol. The maximum absolute atomic E-state index is 5.36. The molecule has 1 heteroatoms. The van der Waals surface area contributed by atoms with E-state index in [0.717, 1.165) is 6.61 Å². The summed E-state index contributed by atoms with van der Waals surface area (Å²) in [6, 6.07) is 6.70. The lowest BCUT2D eigenvalue weighted by molar-refractivity contribution is 0.413. The van der Waals surface area contributed by atoms with Crippen molar-refractivity contribution < 1.29 is 4.74 Å². The quantitative estimate of drug-likeness (QED) is 0.596. The molecule has 1 aliphatic heterocycles. The van der Waals surface area contributed by atoms with Gasteiger partial charge in [0.2, 0.25) is 0 Å². The summed E-state index contributed by atoms with van der Waals surface area (Å²) in [4.78, 5) is 0. The van der Waals surface area contributed by atoms with Crippen LogP contribution in [-0.2, 0) is 17.6 Å². The van der Waals surface area contributed by atoms with Gasteiger partial charge in [0, 0.05) is 0 Å². The first-order chi connectivity index (χ1) is 6.45. The molecule has 1 saturated heterocycles. The molecular formula is C12H14O. The molecule has 1 heterocycles. The van der Waals surface area contributed by atoms with Gasteiger partial charge in [0.15, 0.2) is 0 Å². The lowest BCUT2D eigenvalue weighted by Gasteiger charge is -2.18. The Morgan fingerprint density at radius 2 is 2.00 bits per heavy atom. The molecular weight excluding hydrogens is 160 g/mol. The molecule has 1 atom stereocenters. The summed E-state index contributed by atoms with van der Waals surface area (Å²) in [6.45, 7) is 0.941. The van der Waals surface area contributed by atoms with Gasteiger partial charge in [0.1, 0.15) is 6.10 Å². The lowest BCUT2D eigenvalue weighted by atomic mass is 9.87. The molecule has 0 saturated carbocycles. The second kappa shape index (κ2) is 2.85. The Kier molecular flexibility index (Phi) is 1.66. The van der Waals surface area contributed by atoms with Crippen molar-refractivity contribution in [2.75, 3.05) is 6.61 Å². The Morgan fingerprint density at radius 1 is 1.15 bits per heavy atom. The van der Waals surface area contributed by atoms with E-state index in [2.05, 4.69) is 18.2 Å². The maximum atomic E-state index is 5.36. The fourth-order valence-electron chi connectivity index (χ4n) is 2.34. The van der Waals surface area contributed by atoms with E-state index in [4.69, 9.17) is 4.74 Å². The molecule has 0 aromatic heterocycles. The molecule has 0 unspecified atom stereocenters. The highest BCUT2D eigenvalue weighted by Gasteiger charge is 2.28. The number of benzene rings is 1. The molecule has 1 aromatic carbocycles. The van der Waals surface area contributed by atoms with Gasteiger partial charge in [0.05, 0.1) is 6.61 Å². The van der Waals surface area contributed by atoms with Crippen LogP contribution in [0.2, 0.25) is 0 Å². The van der Waals surface area contributed by atoms with Crippen molar-refractivity contribution in [2.24, 2.45) is 0 Å². The predicted octanol–water partition coefficient (Wildman–Crippen LogP) is 2.64. The van der Waals surface area contributed by atoms with Crippen LogP contribution in [0.5, 0.6) is 0 Å². The average Bonchev–Trinajstić information content (AvgIpc) is 3.00. The fourth-order valence-corrected chi connectivity index (χ4v) is 2.34. The first-order valence-electron chi connectivity index (χ1n) is 5.17. The van der Waals surface area contributed by atoms with Crippen molar-refractivity contribution in [3.05, 3.63) is 34.9 Å². The van der Waals surface area contributed by atoms with Crippen LogP contribution in [-0.4, -0.2) is 6.61 Å². The maximum Gasteiger partial charge on any atom is 0.106 e. The van der Waals surface area contributed by atoms with E-state index < -0.39 is 0 Å². The van der Waals surface area contributed by atoms with Crippen molar-refractivity contribution in [3.8, 4) is 0 Å². The summed E-state index contributed by atoms with van der Waals surface area (Å²) >= 11 is 0. The zero-order valence-electron chi connectivity index (χ0n) is 7.75. The van der Waals surface area contributed by atoms with Crippen LogP contribution in [0.15, 0.2) is 18.2 Å². The zero-order valence-corrected chi connectivity index (χ0v) is 7.75. The van der Waals surface area contributed by atoms with Gasteiger partial charge in [-0.15, -0.1) is 0 Å². The Hall–Kier alpha value is -0.820. The molecule has 68 valence electrons. The number of epoxide rings is 1. The highest BCUT2D eigenvalue weighted by atomic mass is 16.6. The van der Waals surface area contributed by atoms with Gasteiger partial charge in [0.25, 0.3) is 0 Å². The van der Waals surface area contributed by atoms with Gasteiger partial charge >= 0.3 is 0 Å². The van der Waals surface area contributed by atoms with Gasteiger partial charge < -0.3 is 4.74 Å². The van der Waals surface area contributed by atoms with Crippen LogP contribution < -0.4 is 0 Å². The molecule has 3 rings (SSSR count). The predicted molar refractivity (Wildman–Crippen MR) is 51.8 cm³/mol. The summed E-state index contributed by atoms with van der Waals surface area (Å²) in [5, 5.41) is 0. The standard InChI is InChI=1S/C12H14O/c1-2-6-10-9(4-1)5-3-7-11(10)12-8-13-12/h3,5,7,12H,1-2,4,6,8H2/t12-/m1/s1. The highest BCUT2D eigenvalue weighted by Crippen LogP contribution is 2.36. The van der Waals surface area contributed by atoms with E-state index in [0.29, 0.717) is 6.10 Å². The lowest BCUT2D eigenvalue weighted by Crippen LogP contribution is -2.05. The third-order valence-electron chi connectivity index (χ3n) is 3.11. The largest absolute Gasteiger partial charge is 0.368 e. The minimum atomic E-state index is 0.438. The molecule has 2 aliphatic rings. The molecule has 1 aromatic rings. The van der Waals surface area contributed by atoms with Crippen LogP contribution >= 0.6 is 0 Å². The van der Waals surface area contributed by atoms with Crippen LogP contribution in [0.4, 0.5) is 0 Å². The molecule has 0 N–H and O–H groups in total. The first kappa shape index (κ1) is 7.57. The van der Waals surface area contributed by atoms with Crippen molar-refractivity contribution in [2.45, 2.75) is 31.8 Å². The van der Waals surface area contributed by atoms with E-state index in [1.165, 1.54) is 31.2 Å². The second-order valence-corrected chi connectivity index (χ2v) is 4.01. The third-order valence-corrected chi connectivity index (χ3v) is 3.11. The van der Waals surface area contributed by atoms with Gasteiger partial charge in [-0.3, -0.25) is 0 Å². The van der Waals surface area contributed by atoms with Crippen molar-refractivity contribution in [1.29, 1.82) is 0 Å². The molecule has 1 nitrogen and oxygen atoms in total. The summed E-state index contributed by atoms with van der Waals surface area (Å²) < 4.78 is 5.36. The number of fused-ring (bicyclic) bond motifs is 1. The molecule has 1 fully saturated rings. The smallest absolute Gasteiger partial charge is 0.106 e. The molecule has 0 bridgehead atoms. The van der Waals surface area contributed by atoms with Crippen molar-refractivity contribution >= 4 is 0 Å². The second-order valence-electron chi connectivity index (χ2n) is 4.01. The summed E-state index contributed by atoms with van der Waals surface area (Å²) in [5.74, 6) is 0. The van der Waals surface area contributed by atoms with E-state index in [1.54, 1.807) is 11.1 Å². The SMILES string of the molecule is c1cc2c(c([C@H]3CO3)c1)CCCC2. The number of aryl methyl sites for hydroxylation is 1. The molecule has 13 heavy (non-hydrogen) atoms. The van der Waals surface area contributed by atoms with E-state index in [9.17, 15) is 0 Å².